The summed E-state index contributed by atoms with van der Waals surface area (Å²) >= 11 is 2.83. The van der Waals surface area contributed by atoms with E-state index in [1.807, 2.05) is 0 Å². The Labute approximate surface area is 72.8 Å². The summed E-state index contributed by atoms with van der Waals surface area (Å²) in [6.45, 7) is 0. The van der Waals surface area contributed by atoms with Crippen LogP contribution in [-0.4, -0.2) is 41.9 Å². The third-order valence-electron chi connectivity index (χ3n) is 0. The second-order valence-corrected chi connectivity index (χ2v) is 0. The van der Waals surface area contributed by atoms with E-state index in [1.165, 1.54) is 0 Å². The van der Waals surface area contributed by atoms with Gasteiger partial charge in [-0.25, -0.2) is 0 Å². The molecule has 4 heteroatoms. The Bertz CT molecular complexity index is 8.00. The first kappa shape index (κ1) is 16.8. The summed E-state index contributed by atoms with van der Waals surface area (Å²) in [7, 11) is 0. The van der Waals surface area contributed by atoms with Gasteiger partial charge < -0.3 is 0 Å². The van der Waals surface area contributed by atoms with Crippen molar-refractivity contribution >= 4 is 50.3 Å². The Balaban J connectivity index is -0.00000000500. The fraction of sp³-hybridized carbons (Fsp3) is 0. The minimum atomic E-state index is 0. The van der Waals surface area contributed by atoms with Crippen molar-refractivity contribution in [3.8, 4) is 0 Å². The first-order chi connectivity index (χ1) is 1.00. The monoisotopic (exact) mass is 152 g/mol. The minimum Gasteiger partial charge on any atom is -0.197 e. The van der Waals surface area contributed by atoms with E-state index in [9.17, 15) is 0 Å². The standard InChI is InChI=1S/Ca.OS.Zn/c;1-2;. The molecule has 0 saturated carbocycles. The molecule has 0 bridgehead atoms. The van der Waals surface area contributed by atoms with Crippen LogP contribution in [0.15, 0.2) is 0 Å². The SMILES string of the molecule is O=S.[Ca].[Zn]. The molecule has 0 heterocycles. The fourth-order valence-corrected chi connectivity index (χ4v) is 0. The van der Waals surface area contributed by atoms with Crippen LogP contribution >= 0.6 is 0 Å². The van der Waals surface area contributed by atoms with Crippen molar-refractivity contribution in [2.45, 2.75) is 0 Å². The van der Waals surface area contributed by atoms with Crippen molar-refractivity contribution in [1.29, 1.82) is 0 Å². The van der Waals surface area contributed by atoms with E-state index in [4.69, 9.17) is 4.21 Å². The van der Waals surface area contributed by atoms with Gasteiger partial charge in [0.1, 0.15) is 0 Å². The van der Waals surface area contributed by atoms with Crippen LogP contribution in [-0.2, 0) is 32.0 Å². The van der Waals surface area contributed by atoms with Gasteiger partial charge in [0.05, 0.1) is 0 Å². The molecule has 0 rings (SSSR count). The quantitative estimate of drug-likeness (QED) is 0.428. The number of hydrogen-bond donors (Lipinski definition) is 0. The molecular formula is CaOSZn. The Morgan fingerprint density at radius 2 is 1.25 bits per heavy atom. The first-order valence-electron chi connectivity index (χ1n) is 0.167. The first-order valence-corrected chi connectivity index (χ1v) is 0.500. The van der Waals surface area contributed by atoms with Crippen LogP contribution in [0.3, 0.4) is 0 Å². The summed E-state index contributed by atoms with van der Waals surface area (Å²) < 4.78 is 7.83. The summed E-state index contributed by atoms with van der Waals surface area (Å²) in [5, 5.41) is 0. The van der Waals surface area contributed by atoms with Gasteiger partial charge in [-0.15, -0.1) is 0 Å². The molecule has 0 aliphatic carbocycles. The molecule has 0 aliphatic heterocycles. The molecular weight excluding hydrogens is 154 g/mol. The van der Waals surface area contributed by atoms with Gasteiger partial charge in [-0.3, -0.25) is 0 Å². The van der Waals surface area contributed by atoms with Crippen molar-refractivity contribution in [1.82, 2.24) is 0 Å². The molecule has 0 saturated heterocycles. The topological polar surface area (TPSA) is 17.1 Å². The van der Waals surface area contributed by atoms with E-state index in [2.05, 4.69) is 12.5 Å². The molecule has 0 aromatic rings. The Morgan fingerprint density at radius 3 is 1.25 bits per heavy atom. The average Bonchev–Trinajstić information content (AvgIpc) is 1.00. The number of hydrogen-bond acceptors (Lipinski definition) is 2. The molecule has 0 spiro atoms. The van der Waals surface area contributed by atoms with Gasteiger partial charge in [0, 0.05) is 57.2 Å². The molecule has 4 heavy (non-hydrogen) atoms. The van der Waals surface area contributed by atoms with Crippen molar-refractivity contribution in [2.75, 3.05) is 0 Å². The molecule has 16 valence electrons. The van der Waals surface area contributed by atoms with E-state index in [0.717, 1.165) is 0 Å². The van der Waals surface area contributed by atoms with Crippen molar-refractivity contribution in [3.05, 3.63) is 0 Å². The minimum absolute atomic E-state index is 0. The van der Waals surface area contributed by atoms with Crippen LogP contribution in [0.1, 0.15) is 0 Å². The molecule has 0 unspecified atom stereocenters. The van der Waals surface area contributed by atoms with Gasteiger partial charge in [-0.2, -0.15) is 4.21 Å². The van der Waals surface area contributed by atoms with Gasteiger partial charge in [-0.05, 0) is 0 Å². The van der Waals surface area contributed by atoms with E-state index >= 15 is 0 Å². The zero-order valence-corrected chi connectivity index (χ0v) is 8.22. The predicted molar refractivity (Wildman–Crippen MR) is 13.9 cm³/mol. The smallest absolute Gasteiger partial charge is 0.197 e. The maximum atomic E-state index is 7.83. The summed E-state index contributed by atoms with van der Waals surface area (Å²) in [5.41, 5.74) is 0. The summed E-state index contributed by atoms with van der Waals surface area (Å²) in [6.07, 6.45) is 0. The van der Waals surface area contributed by atoms with Gasteiger partial charge >= 0.3 is 0 Å². The van der Waals surface area contributed by atoms with Crippen LogP contribution in [0.4, 0.5) is 0 Å². The Morgan fingerprint density at radius 1 is 1.25 bits per heavy atom. The van der Waals surface area contributed by atoms with Gasteiger partial charge in [0.15, 0.2) is 12.5 Å². The van der Waals surface area contributed by atoms with Crippen LogP contribution < -0.4 is 0 Å². The molecule has 0 amide bonds. The number of rotatable bonds is 0. The largest absolute Gasteiger partial charge is 0.197 e. The van der Waals surface area contributed by atoms with Gasteiger partial charge in [-0.1, -0.05) is 0 Å². The second kappa shape index (κ2) is 20.6. The summed E-state index contributed by atoms with van der Waals surface area (Å²) in [5.74, 6) is 0. The van der Waals surface area contributed by atoms with E-state index in [1.54, 1.807) is 0 Å². The van der Waals surface area contributed by atoms with E-state index in [0.29, 0.717) is 0 Å². The zero-order valence-electron chi connectivity index (χ0n) is 2.23. The normalized spacial score (nSPS) is 1.00. The summed E-state index contributed by atoms with van der Waals surface area (Å²) in [6, 6.07) is 0. The predicted octanol–water partition coefficient (Wildman–Crippen LogP) is -0.720. The molecule has 1 nitrogen and oxygen atoms in total. The Hall–Kier alpha value is 1.90. The second-order valence-electron chi connectivity index (χ2n) is 0. The van der Waals surface area contributed by atoms with Crippen molar-refractivity contribution < 1.29 is 23.7 Å². The maximum Gasteiger partial charge on any atom is 0.197 e. The average molecular weight is 154 g/mol. The van der Waals surface area contributed by atoms with E-state index in [-0.39, 0.29) is 57.2 Å². The molecule has 0 aromatic heterocycles. The summed E-state index contributed by atoms with van der Waals surface area (Å²) in [4.78, 5) is 0. The Kier molecular flexibility index (Phi) is 86.8. The van der Waals surface area contributed by atoms with Crippen LogP contribution in [0.25, 0.3) is 0 Å². The fourth-order valence-electron chi connectivity index (χ4n) is 0. The third-order valence-corrected chi connectivity index (χ3v) is 0. The molecule has 0 aliphatic rings. The molecule has 0 N–H and O–H groups in total. The van der Waals surface area contributed by atoms with Crippen LogP contribution in [0.5, 0.6) is 0 Å². The van der Waals surface area contributed by atoms with Crippen molar-refractivity contribution in [3.63, 3.8) is 0 Å². The van der Waals surface area contributed by atoms with Crippen LogP contribution in [0.2, 0.25) is 0 Å². The molecule has 0 atom stereocenters. The van der Waals surface area contributed by atoms with Gasteiger partial charge in [0.2, 0.25) is 0 Å². The molecule has 2 radical (unpaired) electrons. The maximum absolute atomic E-state index is 7.83. The van der Waals surface area contributed by atoms with E-state index < -0.39 is 0 Å². The molecule has 0 fully saturated rings. The molecule has 0 aromatic carbocycles. The van der Waals surface area contributed by atoms with Crippen LogP contribution in [0, 0.1) is 0 Å². The van der Waals surface area contributed by atoms with Crippen molar-refractivity contribution in [2.24, 2.45) is 0 Å². The third kappa shape index (κ3) is 9.08. The zero-order chi connectivity index (χ0) is 2.00. The van der Waals surface area contributed by atoms with Gasteiger partial charge in [0.25, 0.3) is 0 Å².